The van der Waals surface area contributed by atoms with Crippen LogP contribution in [0.4, 0.5) is 8.78 Å². The SMILES string of the molecule is CC(O)CC#Cc1sc2ncn(CC(=O)N3CC(C)(F)C3)c(=O)c2c1-c1ccc(F)c(Br)c1. The number of aromatic nitrogens is 2. The second kappa shape index (κ2) is 8.97. The number of aliphatic hydroxyl groups is 1. The van der Waals surface area contributed by atoms with Crippen LogP contribution in [-0.2, 0) is 11.3 Å². The van der Waals surface area contributed by atoms with Crippen molar-refractivity contribution >= 4 is 43.4 Å². The van der Waals surface area contributed by atoms with Crippen molar-refractivity contribution in [3.05, 3.63) is 50.0 Å². The minimum atomic E-state index is -1.40. The van der Waals surface area contributed by atoms with Gasteiger partial charge in [-0.05, 0) is 47.5 Å². The standard InChI is InChI=1S/C23H20BrF2N3O3S/c1-13(30)4-3-5-17-19(14-6-7-16(25)15(24)8-14)20-21(33-17)27-12-28(22(20)32)9-18(31)29-10-23(2,26)11-29/h6-8,12-13,30H,4,9-11H2,1-2H3. The molecule has 33 heavy (non-hydrogen) atoms. The van der Waals surface area contributed by atoms with Crippen molar-refractivity contribution in [2.45, 2.75) is 38.6 Å². The summed E-state index contributed by atoms with van der Waals surface area (Å²) >= 11 is 4.39. The summed E-state index contributed by atoms with van der Waals surface area (Å²) in [5, 5.41) is 9.79. The van der Waals surface area contributed by atoms with Gasteiger partial charge in [-0.2, -0.15) is 0 Å². The van der Waals surface area contributed by atoms with Crippen LogP contribution < -0.4 is 5.56 Å². The van der Waals surface area contributed by atoms with Gasteiger partial charge in [0.15, 0.2) is 0 Å². The number of hydrogen-bond donors (Lipinski definition) is 1. The maximum absolute atomic E-state index is 13.9. The third kappa shape index (κ3) is 4.86. The second-order valence-corrected chi connectivity index (χ2v) is 10.2. The molecule has 0 spiro atoms. The van der Waals surface area contributed by atoms with Crippen LogP contribution in [0.2, 0.25) is 0 Å². The molecule has 6 nitrogen and oxygen atoms in total. The molecule has 0 aliphatic carbocycles. The molecule has 1 aromatic carbocycles. The maximum atomic E-state index is 13.9. The second-order valence-electron chi connectivity index (χ2n) is 8.31. The van der Waals surface area contributed by atoms with Crippen LogP contribution in [-0.4, -0.2) is 50.3 Å². The van der Waals surface area contributed by atoms with Gasteiger partial charge in [0.1, 0.15) is 22.9 Å². The predicted molar refractivity (Wildman–Crippen MR) is 126 cm³/mol. The summed E-state index contributed by atoms with van der Waals surface area (Å²) in [5.41, 5.74) is -0.783. The van der Waals surface area contributed by atoms with E-state index in [4.69, 9.17) is 0 Å². The van der Waals surface area contributed by atoms with Gasteiger partial charge in [0.05, 0.1) is 40.3 Å². The Hall–Kier alpha value is -2.61. The van der Waals surface area contributed by atoms with E-state index in [1.54, 1.807) is 19.1 Å². The van der Waals surface area contributed by atoms with Gasteiger partial charge in [-0.15, -0.1) is 11.3 Å². The van der Waals surface area contributed by atoms with Crippen LogP contribution in [0.25, 0.3) is 21.3 Å². The average molecular weight is 536 g/mol. The zero-order chi connectivity index (χ0) is 23.9. The Balaban J connectivity index is 1.81. The van der Waals surface area contributed by atoms with Crippen molar-refractivity contribution < 1.29 is 18.7 Å². The molecule has 1 amide bonds. The Morgan fingerprint density at radius 3 is 2.79 bits per heavy atom. The molecule has 0 saturated carbocycles. The van der Waals surface area contributed by atoms with Crippen LogP contribution in [0.3, 0.4) is 0 Å². The lowest BCUT2D eigenvalue weighted by Crippen LogP contribution is -2.60. The van der Waals surface area contributed by atoms with Crippen LogP contribution in [0.5, 0.6) is 0 Å². The van der Waals surface area contributed by atoms with Gasteiger partial charge in [0, 0.05) is 12.0 Å². The summed E-state index contributed by atoms with van der Waals surface area (Å²) < 4.78 is 29.0. The number of hydrogen-bond acceptors (Lipinski definition) is 5. The third-order valence-electron chi connectivity index (χ3n) is 5.19. The first-order valence-electron chi connectivity index (χ1n) is 10.2. The van der Waals surface area contributed by atoms with E-state index in [1.807, 2.05) is 0 Å². The number of nitrogens with zero attached hydrogens (tertiary/aromatic N) is 3. The average Bonchev–Trinajstić information content (AvgIpc) is 3.09. The first-order chi connectivity index (χ1) is 15.6. The largest absolute Gasteiger partial charge is 0.392 e. The number of carbonyl (C=O) groups excluding carboxylic acids is 1. The molecule has 0 radical (unpaired) electrons. The van der Waals surface area contributed by atoms with Gasteiger partial charge in [0.25, 0.3) is 5.56 Å². The van der Waals surface area contributed by atoms with Gasteiger partial charge >= 0.3 is 0 Å². The minimum Gasteiger partial charge on any atom is -0.392 e. The first-order valence-corrected chi connectivity index (χ1v) is 11.8. The number of halogens is 3. The molecular formula is C23H20BrF2N3O3S. The summed E-state index contributed by atoms with van der Waals surface area (Å²) in [6.45, 7) is 2.77. The van der Waals surface area contributed by atoms with Crippen LogP contribution in [0.15, 0.2) is 33.8 Å². The smallest absolute Gasteiger partial charge is 0.263 e. The quantitative estimate of drug-likeness (QED) is 0.516. The van der Waals surface area contributed by atoms with E-state index in [1.165, 1.54) is 40.1 Å². The number of alkyl halides is 1. The van der Waals surface area contributed by atoms with Gasteiger partial charge in [-0.25, -0.2) is 13.8 Å². The van der Waals surface area contributed by atoms with E-state index in [2.05, 4.69) is 32.8 Å². The molecule has 10 heteroatoms. The number of carbonyl (C=O) groups is 1. The van der Waals surface area contributed by atoms with Gasteiger partial charge in [-0.3, -0.25) is 14.2 Å². The molecular weight excluding hydrogens is 516 g/mol. The number of amides is 1. The first kappa shape index (κ1) is 23.5. The predicted octanol–water partition coefficient (Wildman–Crippen LogP) is 3.72. The molecule has 3 heterocycles. The van der Waals surface area contributed by atoms with Crippen molar-refractivity contribution in [1.82, 2.24) is 14.5 Å². The van der Waals surface area contributed by atoms with E-state index in [9.17, 15) is 23.5 Å². The van der Waals surface area contributed by atoms with Gasteiger partial charge in [-0.1, -0.05) is 17.9 Å². The lowest BCUT2D eigenvalue weighted by molar-refractivity contribution is -0.144. The Bertz CT molecular complexity index is 1360. The lowest BCUT2D eigenvalue weighted by atomic mass is 9.99. The topological polar surface area (TPSA) is 75.4 Å². The zero-order valence-corrected chi connectivity index (χ0v) is 20.3. The molecule has 1 aliphatic heterocycles. The van der Waals surface area contributed by atoms with E-state index < -0.39 is 23.1 Å². The van der Waals surface area contributed by atoms with E-state index in [-0.39, 0.29) is 41.8 Å². The van der Waals surface area contributed by atoms with E-state index >= 15 is 0 Å². The number of likely N-dealkylation sites (tertiary alicyclic amines) is 1. The Labute approximate surface area is 201 Å². The van der Waals surface area contributed by atoms with Crippen LogP contribution in [0.1, 0.15) is 25.1 Å². The summed E-state index contributed by atoms with van der Waals surface area (Å²) in [5.74, 6) is 5.07. The Morgan fingerprint density at radius 2 is 2.15 bits per heavy atom. The summed E-state index contributed by atoms with van der Waals surface area (Å²) in [7, 11) is 0. The molecule has 1 unspecified atom stereocenters. The fourth-order valence-corrected chi connectivity index (χ4v) is 5.01. The van der Waals surface area contributed by atoms with Gasteiger partial charge in [0.2, 0.25) is 5.91 Å². The fraction of sp³-hybridized carbons (Fsp3) is 0.348. The van der Waals surface area contributed by atoms with Crippen molar-refractivity contribution in [3.63, 3.8) is 0 Å². The normalized spacial score (nSPS) is 15.6. The summed E-state index contributed by atoms with van der Waals surface area (Å²) in [6.07, 6.45) is 0.936. The van der Waals surface area contributed by atoms with E-state index in [0.717, 1.165) is 0 Å². The lowest BCUT2D eigenvalue weighted by Gasteiger charge is -2.42. The van der Waals surface area contributed by atoms with Crippen molar-refractivity contribution in [2.75, 3.05) is 13.1 Å². The number of benzene rings is 1. The van der Waals surface area contributed by atoms with Crippen LogP contribution in [0, 0.1) is 17.7 Å². The monoisotopic (exact) mass is 535 g/mol. The highest BCUT2D eigenvalue weighted by molar-refractivity contribution is 9.10. The number of thiophene rings is 1. The highest BCUT2D eigenvalue weighted by Crippen LogP contribution is 2.37. The molecule has 0 bridgehead atoms. The van der Waals surface area contributed by atoms with Crippen LogP contribution >= 0.6 is 27.3 Å². The number of aliphatic hydroxyl groups excluding tert-OH is 1. The van der Waals surface area contributed by atoms with Gasteiger partial charge < -0.3 is 10.0 Å². The highest BCUT2D eigenvalue weighted by Gasteiger charge is 2.41. The number of fused-ring (bicyclic) bond motifs is 1. The minimum absolute atomic E-state index is 0.00736. The molecule has 1 saturated heterocycles. The zero-order valence-electron chi connectivity index (χ0n) is 17.9. The summed E-state index contributed by atoms with van der Waals surface area (Å²) in [4.78, 5) is 32.6. The molecule has 2 aromatic heterocycles. The molecule has 172 valence electrons. The highest BCUT2D eigenvalue weighted by atomic mass is 79.9. The molecule has 1 fully saturated rings. The molecule has 1 atom stereocenters. The van der Waals surface area contributed by atoms with E-state index in [0.29, 0.717) is 20.8 Å². The Kier molecular flexibility index (Phi) is 6.40. The molecule has 3 aromatic rings. The Morgan fingerprint density at radius 1 is 1.42 bits per heavy atom. The summed E-state index contributed by atoms with van der Waals surface area (Å²) in [6, 6.07) is 4.39. The molecule has 1 aliphatic rings. The number of rotatable bonds is 4. The van der Waals surface area contributed by atoms with Crippen molar-refractivity contribution in [1.29, 1.82) is 0 Å². The third-order valence-corrected chi connectivity index (χ3v) is 6.81. The molecule has 1 N–H and O–H groups in total. The van der Waals surface area contributed by atoms with Crippen molar-refractivity contribution in [3.8, 4) is 23.0 Å². The van der Waals surface area contributed by atoms with Crippen molar-refractivity contribution in [2.24, 2.45) is 0 Å². The fourth-order valence-electron chi connectivity index (χ4n) is 3.61. The maximum Gasteiger partial charge on any atom is 0.263 e. The molecule has 4 rings (SSSR count).